The van der Waals surface area contributed by atoms with Gasteiger partial charge >= 0.3 is 0 Å². The lowest BCUT2D eigenvalue weighted by molar-refractivity contribution is 0.479. The molecule has 18 heavy (non-hydrogen) atoms. The fourth-order valence-electron chi connectivity index (χ4n) is 1.69. The second-order valence-electron chi connectivity index (χ2n) is 4.46. The summed E-state index contributed by atoms with van der Waals surface area (Å²) in [5.41, 5.74) is 0.685. The van der Waals surface area contributed by atoms with E-state index < -0.39 is 0 Å². The Hall–Kier alpha value is -1.10. The molecule has 0 unspecified atom stereocenters. The fraction of sp³-hybridized carbons (Fsp3) is 0.462. The van der Waals surface area contributed by atoms with E-state index in [1.165, 1.54) is 6.07 Å². The van der Waals surface area contributed by atoms with Crippen molar-refractivity contribution in [3.8, 4) is 0 Å². The first-order valence-electron chi connectivity index (χ1n) is 5.75. The first kappa shape index (κ1) is 15.0. The van der Waals surface area contributed by atoms with Crippen molar-refractivity contribution < 1.29 is 4.39 Å². The lowest BCUT2D eigenvalue weighted by Gasteiger charge is -2.22. The predicted molar refractivity (Wildman–Crippen MR) is 77.5 cm³/mol. The normalized spacial score (nSPS) is 10.1. The van der Waals surface area contributed by atoms with Gasteiger partial charge < -0.3 is 9.80 Å². The summed E-state index contributed by atoms with van der Waals surface area (Å²) in [6.45, 7) is 0.569. The molecule has 0 atom stereocenters. The Kier molecular flexibility index (Phi) is 5.59. The second-order valence-corrected chi connectivity index (χ2v) is 5.37. The van der Waals surface area contributed by atoms with Gasteiger partial charge in [0.2, 0.25) is 0 Å². The van der Waals surface area contributed by atoms with Crippen molar-refractivity contribution in [2.24, 2.45) is 4.99 Å². The molecule has 0 N–H and O–H groups in total. The molecule has 0 amide bonds. The predicted octanol–water partition coefficient (Wildman–Crippen LogP) is 2.61. The number of aliphatic imine (C=N–C) groups is 1. The summed E-state index contributed by atoms with van der Waals surface area (Å²) >= 11 is 3.34. The largest absolute Gasteiger partial charge is 0.349 e. The molecule has 0 radical (unpaired) electrons. The van der Waals surface area contributed by atoms with Gasteiger partial charge in [-0.2, -0.15) is 0 Å². The number of hydrogen-bond acceptors (Lipinski definition) is 1. The monoisotopic (exact) mass is 315 g/mol. The molecular weight excluding hydrogens is 297 g/mol. The molecule has 0 saturated carbocycles. The molecule has 0 aliphatic rings. The Morgan fingerprint density at radius 1 is 1.22 bits per heavy atom. The fourth-order valence-corrected chi connectivity index (χ4v) is 2.10. The Balaban J connectivity index is 2.70. The number of guanidine groups is 1. The van der Waals surface area contributed by atoms with E-state index >= 15 is 0 Å². The maximum atomic E-state index is 13.5. The standard InChI is InChI=1S/C13H19BrFN3/c1-17(2)13(18(3)4)16-8-7-10-9-11(14)5-6-12(10)15/h5-6,9H,7-8H2,1-4H3. The van der Waals surface area contributed by atoms with E-state index in [9.17, 15) is 4.39 Å². The Morgan fingerprint density at radius 2 is 1.83 bits per heavy atom. The minimum absolute atomic E-state index is 0.176. The maximum absolute atomic E-state index is 13.5. The molecule has 0 bridgehead atoms. The number of rotatable bonds is 3. The minimum atomic E-state index is -0.176. The number of nitrogens with zero attached hydrogens (tertiary/aromatic N) is 3. The Bertz CT molecular complexity index is 420. The summed E-state index contributed by atoms with van der Waals surface area (Å²) in [5, 5.41) is 0. The van der Waals surface area contributed by atoms with Gasteiger partial charge in [0.25, 0.3) is 0 Å². The molecule has 100 valence electrons. The van der Waals surface area contributed by atoms with Gasteiger partial charge in [-0.1, -0.05) is 15.9 Å². The summed E-state index contributed by atoms with van der Waals surface area (Å²) < 4.78 is 14.4. The van der Waals surface area contributed by atoms with Crippen molar-refractivity contribution in [2.45, 2.75) is 6.42 Å². The molecule has 1 rings (SSSR count). The van der Waals surface area contributed by atoms with Crippen LogP contribution in [-0.4, -0.2) is 50.5 Å². The van der Waals surface area contributed by atoms with Gasteiger partial charge in [-0.25, -0.2) is 4.39 Å². The molecule has 3 nitrogen and oxygen atoms in total. The summed E-state index contributed by atoms with van der Waals surface area (Å²) in [7, 11) is 7.77. The van der Waals surface area contributed by atoms with Crippen LogP contribution in [-0.2, 0) is 6.42 Å². The highest BCUT2D eigenvalue weighted by atomic mass is 79.9. The summed E-state index contributed by atoms with van der Waals surface area (Å²) in [6.07, 6.45) is 0.594. The van der Waals surface area contributed by atoms with Crippen LogP contribution in [0.4, 0.5) is 4.39 Å². The van der Waals surface area contributed by atoms with Crippen LogP contribution in [0.25, 0.3) is 0 Å². The van der Waals surface area contributed by atoms with E-state index in [2.05, 4.69) is 20.9 Å². The molecule has 0 aromatic heterocycles. The van der Waals surface area contributed by atoms with Crippen molar-refractivity contribution in [1.82, 2.24) is 9.80 Å². The highest BCUT2D eigenvalue weighted by Crippen LogP contribution is 2.16. The SMILES string of the molecule is CN(C)C(=NCCc1cc(Br)ccc1F)N(C)C. The second kappa shape index (κ2) is 6.73. The van der Waals surface area contributed by atoms with Crippen molar-refractivity contribution in [1.29, 1.82) is 0 Å². The van der Waals surface area contributed by atoms with Crippen LogP contribution in [0.5, 0.6) is 0 Å². The zero-order chi connectivity index (χ0) is 13.7. The summed E-state index contributed by atoms with van der Waals surface area (Å²) in [5.74, 6) is 0.704. The molecule has 1 aromatic rings. The molecule has 1 aromatic carbocycles. The summed E-state index contributed by atoms with van der Waals surface area (Å²) in [6, 6.07) is 4.98. The zero-order valence-electron chi connectivity index (χ0n) is 11.2. The van der Waals surface area contributed by atoms with Crippen LogP contribution in [0.3, 0.4) is 0 Å². The Labute approximate surface area is 116 Å². The molecule has 0 saturated heterocycles. The maximum Gasteiger partial charge on any atom is 0.195 e. The highest BCUT2D eigenvalue weighted by molar-refractivity contribution is 9.10. The molecule has 0 aliphatic carbocycles. The van der Waals surface area contributed by atoms with Crippen LogP contribution in [0.15, 0.2) is 27.7 Å². The zero-order valence-corrected chi connectivity index (χ0v) is 12.8. The lowest BCUT2D eigenvalue weighted by atomic mass is 10.1. The van der Waals surface area contributed by atoms with Crippen molar-refractivity contribution in [2.75, 3.05) is 34.7 Å². The van der Waals surface area contributed by atoms with E-state index in [1.54, 1.807) is 12.1 Å². The quantitative estimate of drug-likeness (QED) is 0.630. The summed E-state index contributed by atoms with van der Waals surface area (Å²) in [4.78, 5) is 8.36. The van der Waals surface area contributed by atoms with Crippen LogP contribution >= 0.6 is 15.9 Å². The third-order valence-corrected chi connectivity index (χ3v) is 2.94. The van der Waals surface area contributed by atoms with Gasteiger partial charge in [-0.05, 0) is 30.2 Å². The third-order valence-electron chi connectivity index (χ3n) is 2.44. The number of hydrogen-bond donors (Lipinski definition) is 0. The molecular formula is C13H19BrFN3. The van der Waals surface area contributed by atoms with Gasteiger partial charge in [0.1, 0.15) is 5.82 Å². The van der Waals surface area contributed by atoms with Gasteiger partial charge in [-0.3, -0.25) is 4.99 Å². The third kappa shape index (κ3) is 4.29. The van der Waals surface area contributed by atoms with E-state index in [-0.39, 0.29) is 5.82 Å². The molecule has 5 heteroatoms. The van der Waals surface area contributed by atoms with Gasteiger partial charge in [0.15, 0.2) is 5.96 Å². The average Bonchev–Trinajstić information content (AvgIpc) is 2.27. The van der Waals surface area contributed by atoms with E-state index in [1.807, 2.05) is 38.0 Å². The van der Waals surface area contributed by atoms with E-state index in [4.69, 9.17) is 0 Å². The molecule has 0 spiro atoms. The Morgan fingerprint density at radius 3 is 2.39 bits per heavy atom. The van der Waals surface area contributed by atoms with Gasteiger partial charge in [0.05, 0.1) is 0 Å². The van der Waals surface area contributed by atoms with E-state index in [0.29, 0.717) is 18.5 Å². The van der Waals surface area contributed by atoms with Crippen LogP contribution < -0.4 is 0 Å². The van der Waals surface area contributed by atoms with Crippen molar-refractivity contribution in [3.05, 3.63) is 34.1 Å². The topological polar surface area (TPSA) is 18.8 Å². The van der Waals surface area contributed by atoms with Gasteiger partial charge in [-0.15, -0.1) is 0 Å². The van der Waals surface area contributed by atoms with Crippen molar-refractivity contribution >= 4 is 21.9 Å². The molecule has 0 heterocycles. The highest BCUT2D eigenvalue weighted by Gasteiger charge is 2.05. The van der Waals surface area contributed by atoms with Crippen LogP contribution in [0.2, 0.25) is 0 Å². The lowest BCUT2D eigenvalue weighted by Crippen LogP contribution is -2.35. The van der Waals surface area contributed by atoms with Gasteiger partial charge in [0, 0.05) is 39.2 Å². The minimum Gasteiger partial charge on any atom is -0.349 e. The molecule has 0 aliphatic heterocycles. The van der Waals surface area contributed by atoms with Crippen LogP contribution in [0.1, 0.15) is 5.56 Å². The van der Waals surface area contributed by atoms with E-state index in [0.717, 1.165) is 10.4 Å². The van der Waals surface area contributed by atoms with Crippen LogP contribution in [0, 0.1) is 5.82 Å². The number of benzene rings is 1. The molecule has 0 fully saturated rings. The smallest absolute Gasteiger partial charge is 0.195 e. The first-order chi connectivity index (χ1) is 8.41. The first-order valence-corrected chi connectivity index (χ1v) is 6.54. The van der Waals surface area contributed by atoms with Crippen molar-refractivity contribution in [3.63, 3.8) is 0 Å². The number of halogens is 2. The average molecular weight is 316 g/mol.